The average molecular weight is 359 g/mol. The topological polar surface area (TPSA) is 50.7 Å². The van der Waals surface area contributed by atoms with Crippen LogP contribution in [0.1, 0.15) is 20.3 Å². The van der Waals surface area contributed by atoms with Gasteiger partial charge in [0.2, 0.25) is 5.82 Å². The maximum Gasteiger partial charge on any atom is 0.498 e. The molecule has 1 rings (SSSR count). The Bertz CT molecular complexity index is 512. The van der Waals surface area contributed by atoms with Gasteiger partial charge in [0, 0.05) is 25.8 Å². The maximum atomic E-state index is 13.4. The Hall–Kier alpha value is -1.23. The minimum atomic E-state index is -3.38. The number of nitrogens with one attached hydrogen (secondary N) is 1. The molecule has 132 valence electrons. The number of rotatable bonds is 9. The zero-order chi connectivity index (χ0) is 17.6. The van der Waals surface area contributed by atoms with Gasteiger partial charge in [-0.2, -0.15) is 0 Å². The van der Waals surface area contributed by atoms with Crippen LogP contribution in [0.2, 0.25) is 6.04 Å². The van der Waals surface area contributed by atoms with Gasteiger partial charge in [0.15, 0.2) is 23.3 Å². The van der Waals surface area contributed by atoms with Gasteiger partial charge < -0.3 is 19.0 Å². The lowest BCUT2D eigenvalue weighted by Gasteiger charge is -2.23. The molecule has 2 N–H and O–H groups in total. The molecule has 0 fully saturated rings. The molecule has 0 saturated carbocycles. The van der Waals surface area contributed by atoms with Crippen molar-refractivity contribution >= 4 is 14.5 Å². The van der Waals surface area contributed by atoms with Gasteiger partial charge in [-0.15, -0.1) is 0 Å². The van der Waals surface area contributed by atoms with Gasteiger partial charge in [-0.1, -0.05) is 0 Å². The van der Waals surface area contributed by atoms with Crippen molar-refractivity contribution in [2.24, 2.45) is 0 Å². The van der Waals surface area contributed by atoms with Crippen LogP contribution in [0, 0.1) is 29.1 Å². The minimum Gasteiger partial charge on any atom is -0.390 e. The minimum absolute atomic E-state index is 0.0804. The number of hydrogen-bond acceptors (Lipinski definition) is 4. The third-order valence-corrected chi connectivity index (χ3v) is 5.39. The first-order valence-electron chi connectivity index (χ1n) is 7.03. The van der Waals surface area contributed by atoms with E-state index in [0.29, 0.717) is 0 Å². The maximum absolute atomic E-state index is 13.4. The van der Waals surface area contributed by atoms with E-state index in [9.17, 15) is 26.7 Å². The summed E-state index contributed by atoms with van der Waals surface area (Å²) in [5, 5.41) is 2.15. The molecule has 0 aliphatic heterocycles. The molecular weight excluding hydrogens is 341 g/mol. The van der Waals surface area contributed by atoms with Crippen molar-refractivity contribution in [3.8, 4) is 0 Å². The third-order valence-electron chi connectivity index (χ3n) is 2.92. The Morgan fingerprint density at radius 2 is 1.30 bits per heavy atom. The molecule has 1 aromatic carbocycles. The molecule has 0 atom stereocenters. The summed E-state index contributed by atoms with van der Waals surface area (Å²) in [5.41, 5.74) is -1.10. The molecule has 0 aliphatic rings. The first-order valence-corrected chi connectivity index (χ1v) is 9.00. The van der Waals surface area contributed by atoms with Gasteiger partial charge in [-0.05, 0) is 20.3 Å². The summed E-state index contributed by atoms with van der Waals surface area (Å²) in [6, 6.07) is 0.0804. The Kier molecular flexibility index (Phi) is 7.38. The van der Waals surface area contributed by atoms with Gasteiger partial charge in [0.1, 0.15) is 5.69 Å². The summed E-state index contributed by atoms with van der Waals surface area (Å²) in [6.45, 7) is 3.67. The Morgan fingerprint density at radius 1 is 0.870 bits per heavy atom. The van der Waals surface area contributed by atoms with Crippen molar-refractivity contribution < 1.29 is 35.6 Å². The molecule has 0 spiro atoms. The lowest BCUT2D eigenvalue weighted by Crippen LogP contribution is -2.42. The van der Waals surface area contributed by atoms with Crippen LogP contribution in [0.5, 0.6) is 0 Å². The monoisotopic (exact) mass is 359 g/mol. The van der Waals surface area contributed by atoms with E-state index in [4.69, 9.17) is 8.85 Å². The van der Waals surface area contributed by atoms with Crippen LogP contribution in [0.15, 0.2) is 0 Å². The van der Waals surface area contributed by atoms with E-state index in [-0.39, 0.29) is 32.2 Å². The highest BCUT2D eigenvalue weighted by Crippen LogP contribution is 2.27. The zero-order valence-corrected chi connectivity index (χ0v) is 13.7. The van der Waals surface area contributed by atoms with E-state index in [1.165, 1.54) is 0 Å². The average Bonchev–Trinajstić information content (AvgIpc) is 2.51. The SMILES string of the molecule is CCO[Si](O)(CCCNc1c(F)c(F)c(F)c(F)c1F)OCC. The Labute approximate surface area is 131 Å². The second kappa shape index (κ2) is 8.57. The molecule has 0 radical (unpaired) electrons. The lowest BCUT2D eigenvalue weighted by molar-refractivity contribution is 0.108. The highest BCUT2D eigenvalue weighted by Gasteiger charge is 2.35. The summed E-state index contributed by atoms with van der Waals surface area (Å²) in [4.78, 5) is 10.1. The van der Waals surface area contributed by atoms with E-state index >= 15 is 0 Å². The zero-order valence-electron chi connectivity index (χ0n) is 12.7. The van der Waals surface area contributed by atoms with Crippen LogP contribution < -0.4 is 5.32 Å². The second-order valence-electron chi connectivity index (χ2n) is 4.55. The van der Waals surface area contributed by atoms with Gasteiger partial charge in [0.05, 0.1) is 0 Å². The fourth-order valence-corrected chi connectivity index (χ4v) is 3.82. The summed E-state index contributed by atoms with van der Waals surface area (Å²) in [7, 11) is -3.38. The summed E-state index contributed by atoms with van der Waals surface area (Å²) < 4.78 is 76.1. The van der Waals surface area contributed by atoms with Gasteiger partial charge in [0.25, 0.3) is 0 Å². The Morgan fingerprint density at radius 3 is 1.74 bits per heavy atom. The molecule has 0 saturated heterocycles. The van der Waals surface area contributed by atoms with E-state index in [0.717, 1.165) is 0 Å². The first-order chi connectivity index (χ1) is 10.8. The number of hydrogen-bond donors (Lipinski definition) is 2. The quantitative estimate of drug-likeness (QED) is 0.234. The van der Waals surface area contributed by atoms with Crippen LogP contribution in [-0.4, -0.2) is 33.4 Å². The molecule has 0 aliphatic carbocycles. The van der Waals surface area contributed by atoms with Crippen molar-refractivity contribution in [2.45, 2.75) is 26.3 Å². The van der Waals surface area contributed by atoms with Gasteiger partial charge in [-0.3, -0.25) is 0 Å². The van der Waals surface area contributed by atoms with Crippen molar-refractivity contribution in [2.75, 3.05) is 25.1 Å². The fourth-order valence-electron chi connectivity index (χ4n) is 1.92. The third kappa shape index (κ3) is 4.87. The van der Waals surface area contributed by atoms with Gasteiger partial charge >= 0.3 is 8.80 Å². The van der Waals surface area contributed by atoms with Crippen molar-refractivity contribution in [1.82, 2.24) is 0 Å². The van der Waals surface area contributed by atoms with Crippen LogP contribution in [0.4, 0.5) is 27.6 Å². The number of benzene rings is 1. The predicted octanol–water partition coefficient (Wildman–Crippen LogP) is 3.19. The second-order valence-corrected chi connectivity index (χ2v) is 7.06. The highest BCUT2D eigenvalue weighted by molar-refractivity contribution is 6.59. The molecule has 0 bridgehead atoms. The molecule has 1 aromatic rings. The molecule has 23 heavy (non-hydrogen) atoms. The molecule has 0 aromatic heterocycles. The van der Waals surface area contributed by atoms with E-state index in [1.807, 2.05) is 0 Å². The van der Waals surface area contributed by atoms with Crippen molar-refractivity contribution in [3.63, 3.8) is 0 Å². The van der Waals surface area contributed by atoms with E-state index in [2.05, 4.69) is 5.32 Å². The molecule has 0 heterocycles. The molecule has 0 amide bonds. The summed E-state index contributed by atoms with van der Waals surface area (Å²) in [6.07, 6.45) is 0.155. The molecule has 10 heteroatoms. The van der Waals surface area contributed by atoms with Crippen LogP contribution in [0.3, 0.4) is 0 Å². The van der Waals surface area contributed by atoms with E-state index < -0.39 is 43.6 Å². The Balaban J connectivity index is 2.70. The molecule has 4 nitrogen and oxygen atoms in total. The van der Waals surface area contributed by atoms with Crippen LogP contribution in [0.25, 0.3) is 0 Å². The van der Waals surface area contributed by atoms with Crippen molar-refractivity contribution in [3.05, 3.63) is 29.1 Å². The first kappa shape index (κ1) is 19.8. The standard InChI is InChI=1S/C13H18F5NO3Si/c1-3-21-23(20,22-4-2)7-5-6-19-13-11(17)9(15)8(14)10(16)12(13)18/h19-20H,3-7H2,1-2H3. The summed E-state index contributed by atoms with van der Waals surface area (Å²) in [5.74, 6) is -10.1. The van der Waals surface area contributed by atoms with Crippen molar-refractivity contribution in [1.29, 1.82) is 0 Å². The summed E-state index contributed by atoms with van der Waals surface area (Å²) >= 11 is 0. The highest BCUT2D eigenvalue weighted by atomic mass is 28.4. The number of anilines is 1. The largest absolute Gasteiger partial charge is 0.498 e. The normalized spacial score (nSPS) is 11.8. The van der Waals surface area contributed by atoms with Crippen LogP contribution in [-0.2, 0) is 8.85 Å². The van der Waals surface area contributed by atoms with Crippen LogP contribution >= 0.6 is 0 Å². The van der Waals surface area contributed by atoms with E-state index in [1.54, 1.807) is 13.8 Å². The lowest BCUT2D eigenvalue weighted by atomic mass is 10.2. The predicted molar refractivity (Wildman–Crippen MR) is 75.4 cm³/mol. The number of halogens is 5. The van der Waals surface area contributed by atoms with Gasteiger partial charge in [-0.25, -0.2) is 22.0 Å². The molecular formula is C13H18F5NO3Si. The molecule has 0 unspecified atom stereocenters. The fraction of sp³-hybridized carbons (Fsp3) is 0.538. The smallest absolute Gasteiger partial charge is 0.390 e.